The van der Waals surface area contributed by atoms with Crippen molar-refractivity contribution in [2.24, 2.45) is 10.4 Å². The second kappa shape index (κ2) is 4.45. The predicted molar refractivity (Wildman–Crippen MR) is 60.0 cm³/mol. The summed E-state index contributed by atoms with van der Waals surface area (Å²) in [6, 6.07) is 0.499. The topological polar surface area (TPSA) is 15.6 Å². The van der Waals surface area contributed by atoms with Crippen LogP contribution in [0, 0.1) is 5.41 Å². The van der Waals surface area contributed by atoms with Crippen LogP contribution in [0.5, 0.6) is 0 Å². The van der Waals surface area contributed by atoms with Gasteiger partial charge < -0.3 is 4.90 Å². The number of nitrogens with zero attached hydrogens (tertiary/aromatic N) is 2. The highest BCUT2D eigenvalue weighted by molar-refractivity contribution is 5.30. The highest BCUT2D eigenvalue weighted by Crippen LogP contribution is 2.26. The van der Waals surface area contributed by atoms with E-state index in [1.54, 1.807) is 0 Å². The van der Waals surface area contributed by atoms with E-state index in [2.05, 4.69) is 64.5 Å². The SMILES string of the molecule is C=N/C(=C\N(C)C(C)C)C(C)(C)C. The van der Waals surface area contributed by atoms with Crippen molar-refractivity contribution >= 4 is 6.72 Å². The summed E-state index contributed by atoms with van der Waals surface area (Å²) in [5, 5.41) is 0. The average Bonchev–Trinajstić information content (AvgIpc) is 1.96. The first kappa shape index (κ1) is 12.2. The van der Waals surface area contributed by atoms with Crippen molar-refractivity contribution in [3.63, 3.8) is 0 Å². The van der Waals surface area contributed by atoms with Gasteiger partial charge in [-0.1, -0.05) is 20.8 Å². The van der Waals surface area contributed by atoms with Gasteiger partial charge in [0, 0.05) is 24.7 Å². The van der Waals surface area contributed by atoms with Gasteiger partial charge in [0.05, 0.1) is 5.70 Å². The molecule has 0 amide bonds. The summed E-state index contributed by atoms with van der Waals surface area (Å²) in [6.45, 7) is 14.3. The van der Waals surface area contributed by atoms with Crippen molar-refractivity contribution in [2.75, 3.05) is 7.05 Å². The van der Waals surface area contributed by atoms with Crippen LogP contribution in [0.2, 0.25) is 0 Å². The van der Waals surface area contributed by atoms with E-state index in [4.69, 9.17) is 0 Å². The zero-order valence-electron chi connectivity index (χ0n) is 9.76. The Kier molecular flexibility index (Phi) is 4.18. The smallest absolute Gasteiger partial charge is 0.0608 e. The van der Waals surface area contributed by atoms with E-state index in [-0.39, 0.29) is 5.41 Å². The molecule has 0 spiro atoms. The standard InChI is InChI=1S/C11H22N2/c1-9(2)13(7)8-10(12-6)11(3,4)5/h8-9H,6H2,1-5,7H3/b10-8-. The Labute approximate surface area is 82.4 Å². The molecule has 0 saturated carbocycles. The molecule has 0 N–H and O–H groups in total. The normalized spacial score (nSPS) is 13.3. The van der Waals surface area contributed by atoms with Gasteiger partial charge in [-0.05, 0) is 20.6 Å². The predicted octanol–water partition coefficient (Wildman–Crippen LogP) is 2.91. The molecule has 0 aromatic carbocycles. The lowest BCUT2D eigenvalue weighted by Gasteiger charge is -2.25. The fourth-order valence-corrected chi connectivity index (χ4v) is 0.814. The first-order chi connectivity index (χ1) is 5.79. The van der Waals surface area contributed by atoms with E-state index in [9.17, 15) is 0 Å². The Morgan fingerprint density at radius 3 is 2.08 bits per heavy atom. The zero-order chi connectivity index (χ0) is 10.6. The summed E-state index contributed by atoms with van der Waals surface area (Å²) in [7, 11) is 2.06. The minimum absolute atomic E-state index is 0.0743. The highest BCUT2D eigenvalue weighted by atomic mass is 15.1. The molecule has 0 aromatic heterocycles. The lowest BCUT2D eigenvalue weighted by molar-refractivity contribution is 0.360. The monoisotopic (exact) mass is 182 g/mol. The minimum atomic E-state index is 0.0743. The molecular formula is C11H22N2. The molecule has 2 heteroatoms. The van der Waals surface area contributed by atoms with Gasteiger partial charge >= 0.3 is 0 Å². The number of hydrogen-bond acceptors (Lipinski definition) is 2. The largest absolute Gasteiger partial charge is 0.377 e. The fraction of sp³-hybridized carbons (Fsp3) is 0.727. The summed E-state index contributed by atoms with van der Waals surface area (Å²) in [4.78, 5) is 6.20. The molecule has 0 aliphatic heterocycles. The number of rotatable bonds is 3. The van der Waals surface area contributed by atoms with Crippen LogP contribution >= 0.6 is 0 Å². The van der Waals surface area contributed by atoms with E-state index in [0.717, 1.165) is 5.70 Å². The van der Waals surface area contributed by atoms with Crippen molar-refractivity contribution in [1.82, 2.24) is 4.90 Å². The number of aliphatic imine (C=N–C) groups is 1. The maximum atomic E-state index is 4.05. The molecule has 0 saturated heterocycles. The second-order valence-electron chi connectivity index (χ2n) is 4.68. The number of hydrogen-bond donors (Lipinski definition) is 0. The van der Waals surface area contributed by atoms with Gasteiger partial charge in [0.15, 0.2) is 0 Å². The van der Waals surface area contributed by atoms with E-state index >= 15 is 0 Å². The van der Waals surface area contributed by atoms with Gasteiger partial charge in [0.1, 0.15) is 0 Å². The first-order valence-electron chi connectivity index (χ1n) is 4.70. The summed E-state index contributed by atoms with van der Waals surface area (Å²) in [5.74, 6) is 0. The lowest BCUT2D eigenvalue weighted by atomic mass is 9.92. The Balaban J connectivity index is 4.67. The van der Waals surface area contributed by atoms with Crippen molar-refractivity contribution in [3.8, 4) is 0 Å². The van der Waals surface area contributed by atoms with Crippen LogP contribution in [0.25, 0.3) is 0 Å². The van der Waals surface area contributed by atoms with Crippen molar-refractivity contribution in [2.45, 2.75) is 40.7 Å². The van der Waals surface area contributed by atoms with Crippen molar-refractivity contribution < 1.29 is 0 Å². The molecule has 0 aliphatic carbocycles. The van der Waals surface area contributed by atoms with Crippen LogP contribution in [0.1, 0.15) is 34.6 Å². The molecule has 0 aliphatic rings. The Morgan fingerprint density at radius 1 is 1.38 bits per heavy atom. The van der Waals surface area contributed by atoms with E-state index in [0.29, 0.717) is 6.04 Å². The first-order valence-corrected chi connectivity index (χ1v) is 4.70. The minimum Gasteiger partial charge on any atom is -0.377 e. The maximum absolute atomic E-state index is 4.05. The van der Waals surface area contributed by atoms with Gasteiger partial charge in [-0.3, -0.25) is 4.99 Å². The molecule has 76 valence electrons. The summed E-state index contributed by atoms with van der Waals surface area (Å²) >= 11 is 0. The molecule has 2 nitrogen and oxygen atoms in total. The van der Waals surface area contributed by atoms with Crippen molar-refractivity contribution in [1.29, 1.82) is 0 Å². The maximum Gasteiger partial charge on any atom is 0.0608 e. The average molecular weight is 182 g/mol. The van der Waals surface area contributed by atoms with E-state index in [1.807, 2.05) is 0 Å². The zero-order valence-corrected chi connectivity index (χ0v) is 9.76. The lowest BCUT2D eigenvalue weighted by Crippen LogP contribution is -2.22. The van der Waals surface area contributed by atoms with Gasteiger partial charge in [-0.2, -0.15) is 0 Å². The third-order valence-corrected chi connectivity index (χ3v) is 2.08. The molecule has 0 unspecified atom stereocenters. The van der Waals surface area contributed by atoms with Gasteiger partial charge in [0.25, 0.3) is 0 Å². The van der Waals surface area contributed by atoms with E-state index < -0.39 is 0 Å². The molecule has 0 rings (SSSR count). The fourth-order valence-electron chi connectivity index (χ4n) is 0.814. The third-order valence-electron chi connectivity index (χ3n) is 2.08. The molecule has 0 fully saturated rings. The van der Waals surface area contributed by atoms with Crippen LogP contribution in [0.4, 0.5) is 0 Å². The Hall–Kier alpha value is -0.790. The van der Waals surface area contributed by atoms with Crippen LogP contribution in [-0.2, 0) is 0 Å². The van der Waals surface area contributed by atoms with Crippen LogP contribution < -0.4 is 0 Å². The number of allylic oxidation sites excluding steroid dienone is 1. The molecule has 0 heterocycles. The van der Waals surface area contributed by atoms with Crippen LogP contribution in [0.15, 0.2) is 16.9 Å². The summed E-state index contributed by atoms with van der Waals surface area (Å²) < 4.78 is 0. The molecular weight excluding hydrogens is 160 g/mol. The van der Waals surface area contributed by atoms with Gasteiger partial charge in [-0.15, -0.1) is 0 Å². The summed E-state index contributed by atoms with van der Waals surface area (Å²) in [6.07, 6.45) is 2.07. The highest BCUT2D eigenvalue weighted by Gasteiger charge is 2.16. The van der Waals surface area contributed by atoms with Crippen LogP contribution in [-0.4, -0.2) is 24.7 Å². The third kappa shape index (κ3) is 4.11. The summed E-state index contributed by atoms with van der Waals surface area (Å²) in [5.41, 5.74) is 1.11. The second-order valence-corrected chi connectivity index (χ2v) is 4.68. The van der Waals surface area contributed by atoms with Crippen LogP contribution in [0.3, 0.4) is 0 Å². The molecule has 0 atom stereocenters. The quantitative estimate of drug-likeness (QED) is 0.613. The molecule has 0 aromatic rings. The van der Waals surface area contributed by atoms with Crippen molar-refractivity contribution in [3.05, 3.63) is 11.9 Å². The Bertz CT molecular complexity index is 197. The Morgan fingerprint density at radius 2 is 1.85 bits per heavy atom. The molecule has 0 bridgehead atoms. The van der Waals surface area contributed by atoms with E-state index in [1.165, 1.54) is 0 Å². The molecule has 0 radical (unpaired) electrons. The van der Waals surface area contributed by atoms with Gasteiger partial charge in [0.2, 0.25) is 0 Å². The molecule has 13 heavy (non-hydrogen) atoms. The van der Waals surface area contributed by atoms with Gasteiger partial charge in [-0.25, -0.2) is 0 Å².